The van der Waals surface area contributed by atoms with Gasteiger partial charge in [0.25, 0.3) is 0 Å². The summed E-state index contributed by atoms with van der Waals surface area (Å²) in [5, 5.41) is 25.8. The first-order valence-corrected chi connectivity index (χ1v) is 8.00. The third-order valence-corrected chi connectivity index (χ3v) is 4.17. The Morgan fingerprint density at radius 2 is 1.96 bits per heavy atom. The molecule has 118 valence electrons. The van der Waals surface area contributed by atoms with E-state index in [-0.39, 0.29) is 12.6 Å². The van der Waals surface area contributed by atoms with Crippen molar-refractivity contribution in [3.8, 4) is 0 Å². The number of fused-ring (bicyclic) bond motifs is 1. The van der Waals surface area contributed by atoms with Crippen LogP contribution in [0.5, 0.6) is 0 Å². The predicted octanol–water partition coefficient (Wildman–Crippen LogP) is 2.54. The molecule has 0 unspecified atom stereocenters. The van der Waals surface area contributed by atoms with Gasteiger partial charge in [-0.1, -0.05) is 30.3 Å². The van der Waals surface area contributed by atoms with Crippen molar-refractivity contribution in [2.75, 3.05) is 11.9 Å². The summed E-state index contributed by atoms with van der Waals surface area (Å²) in [7, 11) is 0. The van der Waals surface area contributed by atoms with Gasteiger partial charge in [-0.2, -0.15) is 4.52 Å². The minimum Gasteiger partial charge on any atom is -0.396 e. The minimum absolute atomic E-state index is 0.0204. The molecule has 6 nitrogen and oxygen atoms in total. The van der Waals surface area contributed by atoms with Gasteiger partial charge in [-0.25, -0.2) is 0 Å². The second kappa shape index (κ2) is 5.96. The highest BCUT2D eigenvalue weighted by Crippen LogP contribution is 2.38. The quantitative estimate of drug-likeness (QED) is 0.732. The van der Waals surface area contributed by atoms with Crippen LogP contribution in [0.25, 0.3) is 5.65 Å². The smallest absolute Gasteiger partial charge is 0.178 e. The average Bonchev–Trinajstić information content (AvgIpc) is 3.35. The molecule has 0 spiro atoms. The van der Waals surface area contributed by atoms with Crippen LogP contribution in [0, 0.1) is 0 Å². The van der Waals surface area contributed by atoms with Gasteiger partial charge in [0, 0.05) is 12.5 Å². The lowest BCUT2D eigenvalue weighted by molar-refractivity contribution is 0.280. The topological polar surface area (TPSA) is 75.3 Å². The highest BCUT2D eigenvalue weighted by atomic mass is 16.3. The summed E-state index contributed by atoms with van der Waals surface area (Å²) in [4.78, 5) is 0. The van der Waals surface area contributed by atoms with Crippen LogP contribution in [-0.4, -0.2) is 31.5 Å². The lowest BCUT2D eigenvalue weighted by Gasteiger charge is -2.18. The van der Waals surface area contributed by atoms with Crippen LogP contribution in [0.1, 0.15) is 42.6 Å². The van der Waals surface area contributed by atoms with Gasteiger partial charge in [0.15, 0.2) is 11.5 Å². The maximum atomic E-state index is 9.35. The molecule has 3 aromatic rings. The van der Waals surface area contributed by atoms with Crippen molar-refractivity contribution in [3.63, 3.8) is 0 Å². The van der Waals surface area contributed by atoms with Gasteiger partial charge in [0.2, 0.25) is 0 Å². The SMILES string of the molecule is OCC[C@@H](Nc1ccc2nnc(C3CC3)n2n1)c1ccccc1. The van der Waals surface area contributed by atoms with Crippen LogP contribution in [-0.2, 0) is 0 Å². The molecule has 1 saturated carbocycles. The predicted molar refractivity (Wildman–Crippen MR) is 87.3 cm³/mol. The Morgan fingerprint density at radius 3 is 2.70 bits per heavy atom. The molecule has 1 aromatic carbocycles. The number of anilines is 1. The number of benzene rings is 1. The monoisotopic (exact) mass is 309 g/mol. The van der Waals surface area contributed by atoms with E-state index in [0.717, 1.165) is 35.7 Å². The fraction of sp³-hybridized carbons (Fsp3) is 0.353. The second-order valence-electron chi connectivity index (χ2n) is 5.94. The number of hydrogen-bond donors (Lipinski definition) is 2. The number of hydrogen-bond acceptors (Lipinski definition) is 5. The molecule has 1 aliphatic rings. The standard InChI is InChI=1S/C17H19N5O/c23-11-10-14(12-4-2-1-3-5-12)18-15-8-9-16-19-20-17(13-6-7-13)22(16)21-15/h1-5,8-9,13-14,23H,6-7,10-11H2,(H,18,21)/t14-/m1/s1. The first-order valence-electron chi connectivity index (χ1n) is 8.00. The van der Waals surface area contributed by atoms with Crippen LogP contribution >= 0.6 is 0 Å². The van der Waals surface area contributed by atoms with Crippen molar-refractivity contribution in [1.82, 2.24) is 19.8 Å². The van der Waals surface area contributed by atoms with Crippen molar-refractivity contribution >= 4 is 11.5 Å². The highest BCUT2D eigenvalue weighted by Gasteiger charge is 2.29. The van der Waals surface area contributed by atoms with Gasteiger partial charge in [-0.15, -0.1) is 15.3 Å². The summed E-state index contributed by atoms with van der Waals surface area (Å²) < 4.78 is 1.83. The van der Waals surface area contributed by atoms with E-state index in [4.69, 9.17) is 0 Å². The first-order chi connectivity index (χ1) is 11.3. The first kappa shape index (κ1) is 14.1. The van der Waals surface area contributed by atoms with Gasteiger partial charge in [0.05, 0.1) is 6.04 Å². The van der Waals surface area contributed by atoms with Crippen molar-refractivity contribution < 1.29 is 5.11 Å². The molecule has 0 bridgehead atoms. The summed E-state index contributed by atoms with van der Waals surface area (Å²) in [6.45, 7) is 0.120. The summed E-state index contributed by atoms with van der Waals surface area (Å²) in [6, 6.07) is 14.0. The summed E-state index contributed by atoms with van der Waals surface area (Å²) in [5.41, 5.74) is 1.91. The highest BCUT2D eigenvalue weighted by molar-refractivity contribution is 5.46. The zero-order valence-electron chi connectivity index (χ0n) is 12.8. The van der Waals surface area contributed by atoms with E-state index in [2.05, 4.69) is 32.7 Å². The normalized spacial score (nSPS) is 15.7. The number of aromatic nitrogens is 4. The van der Waals surface area contributed by atoms with Crippen LogP contribution in [0.3, 0.4) is 0 Å². The molecule has 0 amide bonds. The Balaban J connectivity index is 1.63. The summed E-state index contributed by atoms with van der Waals surface area (Å²) >= 11 is 0. The van der Waals surface area contributed by atoms with Gasteiger partial charge in [-0.3, -0.25) is 0 Å². The fourth-order valence-electron chi connectivity index (χ4n) is 2.79. The summed E-state index contributed by atoms with van der Waals surface area (Å²) in [5.74, 6) is 2.21. The maximum Gasteiger partial charge on any atom is 0.178 e. The van der Waals surface area contributed by atoms with Crippen molar-refractivity contribution in [2.24, 2.45) is 0 Å². The fourth-order valence-corrected chi connectivity index (χ4v) is 2.79. The molecule has 4 rings (SSSR count). The van der Waals surface area contributed by atoms with Gasteiger partial charge in [-0.05, 0) is 37.0 Å². The van der Waals surface area contributed by atoms with Crippen LogP contribution < -0.4 is 5.32 Å². The van der Waals surface area contributed by atoms with E-state index in [1.807, 2.05) is 34.8 Å². The molecule has 1 atom stereocenters. The number of aliphatic hydroxyl groups excluding tert-OH is 1. The molecule has 0 saturated heterocycles. The third-order valence-electron chi connectivity index (χ3n) is 4.17. The summed E-state index contributed by atoms with van der Waals surface area (Å²) in [6.07, 6.45) is 2.95. The molecule has 0 aliphatic heterocycles. The number of nitrogens with one attached hydrogen (secondary N) is 1. The van der Waals surface area contributed by atoms with Crippen molar-refractivity contribution in [3.05, 3.63) is 53.9 Å². The molecular weight excluding hydrogens is 290 g/mol. The van der Waals surface area contributed by atoms with Gasteiger partial charge >= 0.3 is 0 Å². The average molecular weight is 309 g/mol. The van der Waals surface area contributed by atoms with Gasteiger partial charge in [0.1, 0.15) is 5.82 Å². The third kappa shape index (κ3) is 2.90. The van der Waals surface area contributed by atoms with Crippen LogP contribution in [0.4, 0.5) is 5.82 Å². The maximum absolute atomic E-state index is 9.35. The minimum atomic E-state index is 0.0204. The van der Waals surface area contributed by atoms with Crippen molar-refractivity contribution in [1.29, 1.82) is 0 Å². The Hall–Kier alpha value is -2.47. The van der Waals surface area contributed by atoms with E-state index in [1.54, 1.807) is 0 Å². The molecule has 2 N–H and O–H groups in total. The Labute approximate surface area is 134 Å². The van der Waals surface area contributed by atoms with E-state index in [1.165, 1.54) is 0 Å². The molecule has 2 aromatic heterocycles. The largest absolute Gasteiger partial charge is 0.396 e. The molecule has 1 aliphatic carbocycles. The van der Waals surface area contributed by atoms with Crippen molar-refractivity contribution in [2.45, 2.75) is 31.2 Å². The Kier molecular flexibility index (Phi) is 3.67. The van der Waals surface area contributed by atoms with Crippen LogP contribution in [0.2, 0.25) is 0 Å². The molecule has 1 fully saturated rings. The Morgan fingerprint density at radius 1 is 1.13 bits per heavy atom. The molecular formula is C17H19N5O. The van der Waals surface area contributed by atoms with E-state index in [9.17, 15) is 5.11 Å². The van der Waals surface area contributed by atoms with Crippen LogP contribution in [0.15, 0.2) is 42.5 Å². The number of nitrogens with zero attached hydrogens (tertiary/aromatic N) is 4. The number of rotatable bonds is 6. The molecule has 23 heavy (non-hydrogen) atoms. The zero-order valence-corrected chi connectivity index (χ0v) is 12.8. The van der Waals surface area contributed by atoms with Gasteiger partial charge < -0.3 is 10.4 Å². The lowest BCUT2D eigenvalue weighted by Crippen LogP contribution is -2.14. The Bertz CT molecular complexity index is 797. The van der Waals surface area contributed by atoms with E-state index >= 15 is 0 Å². The number of aliphatic hydroxyl groups is 1. The molecule has 0 radical (unpaired) electrons. The zero-order chi connectivity index (χ0) is 15.6. The lowest BCUT2D eigenvalue weighted by atomic mass is 10.0. The van der Waals surface area contributed by atoms with E-state index < -0.39 is 0 Å². The molecule has 6 heteroatoms. The molecule has 2 heterocycles. The second-order valence-corrected chi connectivity index (χ2v) is 5.94. The van der Waals surface area contributed by atoms with E-state index in [0.29, 0.717) is 12.3 Å².